The fourth-order valence-corrected chi connectivity index (χ4v) is 3.82. The van der Waals surface area contributed by atoms with E-state index in [9.17, 15) is 18.8 Å². The maximum atomic E-state index is 13.1. The van der Waals surface area contributed by atoms with Gasteiger partial charge in [-0.3, -0.25) is 19.3 Å². The van der Waals surface area contributed by atoms with E-state index in [2.05, 4.69) is 5.32 Å². The summed E-state index contributed by atoms with van der Waals surface area (Å²) in [5.74, 6) is -0.0297. The molecule has 1 aliphatic rings. The lowest BCUT2D eigenvalue weighted by atomic mass is 10.2. The van der Waals surface area contributed by atoms with Gasteiger partial charge in [0, 0.05) is 19.2 Å². The number of rotatable bonds is 10. The molecule has 33 heavy (non-hydrogen) atoms. The molecule has 1 N–H and O–H groups in total. The molecule has 1 fully saturated rings. The molecule has 1 saturated heterocycles. The van der Waals surface area contributed by atoms with E-state index in [1.165, 1.54) is 31.4 Å². The molecular formula is C23H23FN2O6S. The van der Waals surface area contributed by atoms with E-state index >= 15 is 0 Å². The smallest absolute Gasteiger partial charge is 0.293 e. The third-order valence-electron chi connectivity index (χ3n) is 4.48. The van der Waals surface area contributed by atoms with Gasteiger partial charge in [0.25, 0.3) is 17.1 Å². The van der Waals surface area contributed by atoms with Crippen LogP contribution in [0.4, 0.5) is 9.18 Å². The number of ether oxygens (including phenoxy) is 3. The van der Waals surface area contributed by atoms with Gasteiger partial charge in [0.05, 0.1) is 18.6 Å². The number of benzene rings is 2. The number of hydrogen-bond donors (Lipinski definition) is 1. The third kappa shape index (κ3) is 6.48. The number of amides is 3. The van der Waals surface area contributed by atoms with E-state index in [0.29, 0.717) is 23.7 Å². The molecule has 0 aliphatic carbocycles. The topological polar surface area (TPSA) is 94.2 Å². The van der Waals surface area contributed by atoms with Crippen LogP contribution in [0.3, 0.4) is 0 Å². The molecule has 1 aliphatic heterocycles. The Morgan fingerprint density at radius 3 is 2.70 bits per heavy atom. The Morgan fingerprint density at radius 1 is 1.15 bits per heavy atom. The Balaban J connectivity index is 1.53. The Labute approximate surface area is 194 Å². The second-order valence-electron chi connectivity index (χ2n) is 6.77. The van der Waals surface area contributed by atoms with E-state index in [1.54, 1.807) is 24.3 Å². The molecule has 8 nitrogen and oxygen atoms in total. The minimum Gasteiger partial charge on any atom is -0.493 e. The van der Waals surface area contributed by atoms with Crippen molar-refractivity contribution in [2.45, 2.75) is 6.92 Å². The van der Waals surface area contributed by atoms with Crippen LogP contribution in [0.2, 0.25) is 0 Å². The van der Waals surface area contributed by atoms with Crippen LogP contribution >= 0.6 is 11.8 Å². The monoisotopic (exact) mass is 474 g/mol. The first-order valence-electron chi connectivity index (χ1n) is 10.1. The number of methoxy groups -OCH3 is 1. The highest BCUT2D eigenvalue weighted by Gasteiger charge is 2.34. The second kappa shape index (κ2) is 11.4. The summed E-state index contributed by atoms with van der Waals surface area (Å²) < 4.78 is 29.1. The van der Waals surface area contributed by atoms with Gasteiger partial charge in [-0.15, -0.1) is 0 Å². The molecule has 0 bridgehead atoms. The van der Waals surface area contributed by atoms with Crippen molar-refractivity contribution in [1.29, 1.82) is 0 Å². The lowest BCUT2D eigenvalue weighted by molar-refractivity contribution is -0.125. The van der Waals surface area contributed by atoms with Crippen molar-refractivity contribution in [1.82, 2.24) is 10.2 Å². The molecule has 2 aromatic carbocycles. The maximum absolute atomic E-state index is 13.1. The van der Waals surface area contributed by atoms with Crippen LogP contribution in [0.1, 0.15) is 12.5 Å². The highest BCUT2D eigenvalue weighted by molar-refractivity contribution is 8.18. The van der Waals surface area contributed by atoms with Crippen molar-refractivity contribution >= 4 is 34.9 Å². The summed E-state index contributed by atoms with van der Waals surface area (Å²) in [6, 6.07) is 10.7. The summed E-state index contributed by atoms with van der Waals surface area (Å²) in [5.41, 5.74) is 0.684. The molecular weight excluding hydrogens is 451 g/mol. The van der Waals surface area contributed by atoms with Gasteiger partial charge >= 0.3 is 0 Å². The van der Waals surface area contributed by atoms with Crippen LogP contribution in [0.5, 0.6) is 17.2 Å². The standard InChI is InChI=1S/C23H23FN2O6S/c1-3-31-18-8-7-15(11-19(18)30-2)12-20-22(28)26(23(29)33-20)10-9-25-21(27)14-32-17-6-4-5-16(24)13-17/h4-8,11-13H,3,9-10,14H2,1-2H3,(H,25,27)/b20-12-. The number of hydrogen-bond acceptors (Lipinski definition) is 7. The average molecular weight is 475 g/mol. The van der Waals surface area contributed by atoms with Crippen molar-refractivity contribution in [3.8, 4) is 17.2 Å². The number of thioether (sulfide) groups is 1. The molecule has 3 amide bonds. The van der Waals surface area contributed by atoms with E-state index in [1.807, 2.05) is 6.92 Å². The van der Waals surface area contributed by atoms with Gasteiger partial charge in [-0.05, 0) is 54.6 Å². The zero-order valence-corrected chi connectivity index (χ0v) is 18.9. The Kier molecular flexibility index (Phi) is 8.31. The summed E-state index contributed by atoms with van der Waals surface area (Å²) >= 11 is 0.826. The van der Waals surface area contributed by atoms with Crippen LogP contribution in [-0.2, 0) is 9.59 Å². The van der Waals surface area contributed by atoms with Crippen LogP contribution < -0.4 is 19.5 Å². The van der Waals surface area contributed by atoms with Gasteiger partial charge in [0.1, 0.15) is 11.6 Å². The van der Waals surface area contributed by atoms with Crippen LogP contribution in [0.25, 0.3) is 6.08 Å². The molecule has 0 spiro atoms. The van der Waals surface area contributed by atoms with Gasteiger partial charge in [-0.1, -0.05) is 12.1 Å². The number of halogens is 1. The van der Waals surface area contributed by atoms with Crippen molar-refractivity contribution < 1.29 is 33.0 Å². The van der Waals surface area contributed by atoms with E-state index < -0.39 is 22.9 Å². The SMILES string of the molecule is CCOc1ccc(/C=C2\SC(=O)N(CCNC(=O)COc3cccc(F)c3)C2=O)cc1OC. The molecule has 10 heteroatoms. The summed E-state index contributed by atoms with van der Waals surface area (Å²) in [5, 5.41) is 2.15. The summed E-state index contributed by atoms with van der Waals surface area (Å²) in [6.45, 7) is 2.12. The predicted octanol–water partition coefficient (Wildman–Crippen LogP) is 3.46. The quantitative estimate of drug-likeness (QED) is 0.527. The number of imide groups is 1. The molecule has 0 atom stereocenters. The fraction of sp³-hybridized carbons (Fsp3) is 0.261. The molecule has 2 aromatic rings. The number of carbonyl (C=O) groups is 3. The van der Waals surface area contributed by atoms with Crippen molar-refractivity contribution in [2.75, 3.05) is 33.4 Å². The first kappa shape index (κ1) is 24.1. The Hall–Kier alpha value is -3.53. The molecule has 1 heterocycles. The van der Waals surface area contributed by atoms with Gasteiger partial charge in [0.15, 0.2) is 18.1 Å². The molecule has 0 radical (unpaired) electrons. The van der Waals surface area contributed by atoms with Gasteiger partial charge in [-0.2, -0.15) is 0 Å². The summed E-state index contributed by atoms with van der Waals surface area (Å²) in [6.07, 6.45) is 1.61. The highest BCUT2D eigenvalue weighted by Crippen LogP contribution is 2.34. The van der Waals surface area contributed by atoms with Gasteiger partial charge in [-0.25, -0.2) is 4.39 Å². The highest BCUT2D eigenvalue weighted by atomic mass is 32.2. The van der Waals surface area contributed by atoms with Crippen molar-refractivity contribution in [3.63, 3.8) is 0 Å². The minimum atomic E-state index is -0.469. The normalized spacial score (nSPS) is 14.5. The Morgan fingerprint density at radius 2 is 1.97 bits per heavy atom. The van der Waals surface area contributed by atoms with E-state index in [4.69, 9.17) is 14.2 Å². The van der Waals surface area contributed by atoms with E-state index in [-0.39, 0.29) is 30.4 Å². The van der Waals surface area contributed by atoms with Crippen LogP contribution in [0, 0.1) is 5.82 Å². The number of carbonyl (C=O) groups excluding carboxylic acids is 3. The van der Waals surface area contributed by atoms with Crippen molar-refractivity contribution in [2.24, 2.45) is 0 Å². The number of nitrogens with one attached hydrogen (secondary N) is 1. The molecule has 0 saturated carbocycles. The summed E-state index contributed by atoms with van der Waals surface area (Å²) in [7, 11) is 1.52. The van der Waals surface area contributed by atoms with Gasteiger partial charge < -0.3 is 19.5 Å². The largest absolute Gasteiger partial charge is 0.493 e. The third-order valence-corrected chi connectivity index (χ3v) is 5.39. The lowest BCUT2D eigenvalue weighted by Gasteiger charge is -2.13. The van der Waals surface area contributed by atoms with Crippen LogP contribution in [-0.4, -0.2) is 55.4 Å². The Bertz CT molecular complexity index is 1070. The zero-order valence-electron chi connectivity index (χ0n) is 18.1. The zero-order chi connectivity index (χ0) is 23.8. The molecule has 0 unspecified atom stereocenters. The van der Waals surface area contributed by atoms with Gasteiger partial charge in [0.2, 0.25) is 0 Å². The van der Waals surface area contributed by atoms with Crippen molar-refractivity contribution in [3.05, 3.63) is 58.8 Å². The van der Waals surface area contributed by atoms with E-state index in [0.717, 1.165) is 16.7 Å². The molecule has 0 aromatic heterocycles. The first-order chi connectivity index (χ1) is 15.9. The predicted molar refractivity (Wildman–Crippen MR) is 122 cm³/mol. The number of nitrogens with zero attached hydrogens (tertiary/aromatic N) is 1. The first-order valence-corrected chi connectivity index (χ1v) is 10.9. The maximum Gasteiger partial charge on any atom is 0.293 e. The molecule has 174 valence electrons. The lowest BCUT2D eigenvalue weighted by Crippen LogP contribution is -2.38. The minimum absolute atomic E-state index is 0.0142. The van der Waals surface area contributed by atoms with Crippen LogP contribution in [0.15, 0.2) is 47.4 Å². The fourth-order valence-electron chi connectivity index (χ4n) is 2.96. The molecule has 3 rings (SSSR count). The second-order valence-corrected chi connectivity index (χ2v) is 7.77. The average Bonchev–Trinajstić information content (AvgIpc) is 3.06. The summed E-state index contributed by atoms with van der Waals surface area (Å²) in [4.78, 5) is 38.2.